The second-order valence-corrected chi connectivity index (χ2v) is 5.28. The van der Waals surface area contributed by atoms with Gasteiger partial charge in [0.05, 0.1) is 0 Å². The average Bonchev–Trinajstić information content (AvgIpc) is 2.38. The fourth-order valence-corrected chi connectivity index (χ4v) is 3.14. The zero-order valence-corrected chi connectivity index (χ0v) is 11.6. The summed E-state index contributed by atoms with van der Waals surface area (Å²) >= 11 is 0. The zero-order valence-electron chi connectivity index (χ0n) is 11.6. The number of fused-ring (bicyclic) bond motifs is 1. The Kier molecular flexibility index (Phi) is 3.88. The molecule has 0 saturated heterocycles. The Morgan fingerprint density at radius 1 is 1.06 bits per heavy atom. The van der Waals surface area contributed by atoms with E-state index in [1.807, 2.05) is 0 Å². The summed E-state index contributed by atoms with van der Waals surface area (Å²) in [5, 5.41) is 3.47. The molecule has 0 saturated carbocycles. The predicted molar refractivity (Wildman–Crippen MR) is 74.6 cm³/mol. The Hall–Kier alpha value is -0.820. The van der Waals surface area contributed by atoms with Crippen molar-refractivity contribution in [3.05, 3.63) is 34.4 Å². The van der Waals surface area contributed by atoms with E-state index in [9.17, 15) is 0 Å². The minimum atomic E-state index is 0.567. The molecule has 17 heavy (non-hydrogen) atoms. The highest BCUT2D eigenvalue weighted by Crippen LogP contribution is 2.38. The molecule has 0 amide bonds. The quantitative estimate of drug-likeness (QED) is 0.830. The van der Waals surface area contributed by atoms with E-state index < -0.39 is 0 Å². The molecule has 2 rings (SSSR count). The first-order chi connectivity index (χ1) is 8.21. The molecule has 2 unspecified atom stereocenters. The maximum absolute atomic E-state index is 3.47. The molecule has 0 aromatic heterocycles. The van der Waals surface area contributed by atoms with Crippen molar-refractivity contribution in [2.75, 3.05) is 7.05 Å². The van der Waals surface area contributed by atoms with Crippen LogP contribution in [0.4, 0.5) is 0 Å². The standard InChI is InChI=1S/C16H25N/c1-5-12-9-14-11(3)7-8-16(17-4)15(14)10-13(12)6-2/h9-11,16-17H,5-8H2,1-4H3. The van der Waals surface area contributed by atoms with E-state index in [4.69, 9.17) is 0 Å². The van der Waals surface area contributed by atoms with Crippen LogP contribution in [0.1, 0.15) is 67.8 Å². The van der Waals surface area contributed by atoms with Gasteiger partial charge in [-0.3, -0.25) is 0 Å². The third-order valence-electron chi connectivity index (χ3n) is 4.31. The fraction of sp³-hybridized carbons (Fsp3) is 0.625. The van der Waals surface area contributed by atoms with E-state index in [0.717, 1.165) is 18.8 Å². The molecule has 1 heteroatoms. The number of nitrogens with one attached hydrogen (secondary N) is 1. The van der Waals surface area contributed by atoms with Crippen LogP contribution in [0.15, 0.2) is 12.1 Å². The van der Waals surface area contributed by atoms with Crippen molar-refractivity contribution >= 4 is 0 Å². The minimum Gasteiger partial charge on any atom is -0.313 e. The van der Waals surface area contributed by atoms with Gasteiger partial charge in [0.15, 0.2) is 0 Å². The van der Waals surface area contributed by atoms with Gasteiger partial charge in [0.2, 0.25) is 0 Å². The smallest absolute Gasteiger partial charge is 0.0320 e. The summed E-state index contributed by atoms with van der Waals surface area (Å²) in [5.74, 6) is 0.728. The monoisotopic (exact) mass is 231 g/mol. The first-order valence-corrected chi connectivity index (χ1v) is 7.04. The first-order valence-electron chi connectivity index (χ1n) is 7.04. The molecule has 0 radical (unpaired) electrons. The highest BCUT2D eigenvalue weighted by molar-refractivity contribution is 5.43. The molecule has 1 N–H and O–H groups in total. The van der Waals surface area contributed by atoms with Crippen molar-refractivity contribution in [1.82, 2.24) is 5.32 Å². The maximum Gasteiger partial charge on any atom is 0.0320 e. The molecule has 0 bridgehead atoms. The third kappa shape index (κ3) is 2.26. The van der Waals surface area contributed by atoms with E-state index in [0.29, 0.717) is 6.04 Å². The van der Waals surface area contributed by atoms with E-state index >= 15 is 0 Å². The Bertz CT molecular complexity index is 395. The number of rotatable bonds is 3. The number of hydrogen-bond acceptors (Lipinski definition) is 1. The van der Waals surface area contributed by atoms with E-state index in [2.05, 4.69) is 45.3 Å². The van der Waals surface area contributed by atoms with Crippen molar-refractivity contribution in [3.8, 4) is 0 Å². The van der Waals surface area contributed by atoms with Gasteiger partial charge in [-0.2, -0.15) is 0 Å². The molecule has 1 aromatic carbocycles. The summed E-state index contributed by atoms with van der Waals surface area (Å²) in [6.45, 7) is 6.90. The van der Waals surface area contributed by atoms with Crippen LogP contribution >= 0.6 is 0 Å². The summed E-state index contributed by atoms with van der Waals surface area (Å²) < 4.78 is 0. The summed E-state index contributed by atoms with van der Waals surface area (Å²) in [4.78, 5) is 0. The molecule has 2 atom stereocenters. The lowest BCUT2D eigenvalue weighted by Gasteiger charge is -2.31. The Morgan fingerprint density at radius 3 is 2.18 bits per heavy atom. The molecule has 1 nitrogen and oxygen atoms in total. The van der Waals surface area contributed by atoms with E-state index in [1.54, 1.807) is 22.3 Å². The van der Waals surface area contributed by atoms with Crippen LogP contribution in [0.3, 0.4) is 0 Å². The molecule has 0 heterocycles. The van der Waals surface area contributed by atoms with Gasteiger partial charge < -0.3 is 5.32 Å². The van der Waals surface area contributed by atoms with Crippen molar-refractivity contribution in [2.24, 2.45) is 0 Å². The third-order valence-corrected chi connectivity index (χ3v) is 4.31. The van der Waals surface area contributed by atoms with E-state index in [-0.39, 0.29) is 0 Å². The van der Waals surface area contributed by atoms with Gasteiger partial charge in [0.25, 0.3) is 0 Å². The molecule has 1 aliphatic carbocycles. The largest absolute Gasteiger partial charge is 0.313 e. The first kappa shape index (κ1) is 12.6. The summed E-state index contributed by atoms with van der Waals surface area (Å²) in [5.41, 5.74) is 6.24. The Labute approximate surface area is 106 Å². The van der Waals surface area contributed by atoms with Gasteiger partial charge in [0, 0.05) is 6.04 Å². The van der Waals surface area contributed by atoms with Crippen molar-refractivity contribution in [1.29, 1.82) is 0 Å². The van der Waals surface area contributed by atoms with Crippen molar-refractivity contribution < 1.29 is 0 Å². The number of benzene rings is 1. The molecule has 0 spiro atoms. The van der Waals surface area contributed by atoms with Crippen molar-refractivity contribution in [2.45, 2.75) is 58.4 Å². The minimum absolute atomic E-state index is 0.567. The molecule has 1 aliphatic rings. The maximum atomic E-state index is 3.47. The number of aryl methyl sites for hydroxylation is 2. The molecular formula is C16H25N. The average molecular weight is 231 g/mol. The van der Waals surface area contributed by atoms with Gasteiger partial charge in [0.1, 0.15) is 0 Å². The van der Waals surface area contributed by atoms with Gasteiger partial charge >= 0.3 is 0 Å². The molecule has 1 aromatic rings. The SMILES string of the molecule is CCc1cc2c(cc1CC)C(NC)CCC2C. The fourth-order valence-electron chi connectivity index (χ4n) is 3.14. The van der Waals surface area contributed by atoms with Crippen LogP contribution < -0.4 is 5.32 Å². The van der Waals surface area contributed by atoms with Gasteiger partial charge in [-0.15, -0.1) is 0 Å². The second-order valence-electron chi connectivity index (χ2n) is 5.28. The Balaban J connectivity index is 2.52. The van der Waals surface area contributed by atoms with Crippen LogP contribution in [0, 0.1) is 0 Å². The molecule has 0 aliphatic heterocycles. The second kappa shape index (κ2) is 5.22. The highest BCUT2D eigenvalue weighted by Gasteiger charge is 2.24. The molecule has 0 fully saturated rings. The van der Waals surface area contributed by atoms with E-state index in [1.165, 1.54) is 12.8 Å². The van der Waals surface area contributed by atoms with Crippen LogP contribution in [0.5, 0.6) is 0 Å². The summed E-state index contributed by atoms with van der Waals surface area (Å²) in [6.07, 6.45) is 4.90. The van der Waals surface area contributed by atoms with Crippen molar-refractivity contribution in [3.63, 3.8) is 0 Å². The summed E-state index contributed by atoms with van der Waals surface area (Å²) in [6, 6.07) is 5.50. The van der Waals surface area contributed by atoms with Crippen LogP contribution in [-0.2, 0) is 12.8 Å². The van der Waals surface area contributed by atoms with Gasteiger partial charge in [-0.25, -0.2) is 0 Å². The van der Waals surface area contributed by atoms with Gasteiger partial charge in [-0.1, -0.05) is 32.9 Å². The summed E-state index contributed by atoms with van der Waals surface area (Å²) in [7, 11) is 2.09. The topological polar surface area (TPSA) is 12.0 Å². The molecule has 94 valence electrons. The van der Waals surface area contributed by atoms with Crippen LogP contribution in [0.2, 0.25) is 0 Å². The lowest BCUT2D eigenvalue weighted by molar-refractivity contribution is 0.459. The zero-order chi connectivity index (χ0) is 12.4. The van der Waals surface area contributed by atoms with Crippen LogP contribution in [-0.4, -0.2) is 7.05 Å². The normalized spacial score (nSPS) is 23.5. The predicted octanol–water partition coefficient (Wildman–Crippen LogP) is 3.97. The highest BCUT2D eigenvalue weighted by atomic mass is 14.9. The lowest BCUT2D eigenvalue weighted by Crippen LogP contribution is -2.23. The Morgan fingerprint density at radius 2 is 1.65 bits per heavy atom. The number of hydrogen-bond donors (Lipinski definition) is 1. The lowest BCUT2D eigenvalue weighted by atomic mass is 9.78. The van der Waals surface area contributed by atoms with Gasteiger partial charge in [-0.05, 0) is 60.9 Å². The molecular weight excluding hydrogens is 206 g/mol. The van der Waals surface area contributed by atoms with Crippen LogP contribution in [0.25, 0.3) is 0 Å².